The summed E-state index contributed by atoms with van der Waals surface area (Å²) in [6.07, 6.45) is 3.94. The van der Waals surface area contributed by atoms with Crippen molar-refractivity contribution in [1.29, 1.82) is 0 Å². The number of aliphatic carboxylic acids is 1. The number of carboxylic acid groups (broad SMARTS) is 1. The minimum absolute atomic E-state index is 0.00997. The van der Waals surface area contributed by atoms with Crippen LogP contribution in [-0.2, 0) is 33.8 Å². The quantitative estimate of drug-likeness (QED) is 0.284. The lowest BCUT2D eigenvalue weighted by Gasteiger charge is -2.59. The van der Waals surface area contributed by atoms with Crippen LogP contribution in [0.3, 0.4) is 0 Å². The molecule has 0 atom stereocenters. The number of halogens is 5. The van der Waals surface area contributed by atoms with E-state index in [0.29, 0.717) is 89.2 Å². The highest BCUT2D eigenvalue weighted by Crippen LogP contribution is 2.58. The second-order valence-electron chi connectivity index (χ2n) is 16.5. The summed E-state index contributed by atoms with van der Waals surface area (Å²) in [5, 5.41) is 17.9. The molecule has 54 heavy (non-hydrogen) atoms. The molecule has 7 aliphatic rings. The summed E-state index contributed by atoms with van der Waals surface area (Å²) in [5.74, 6) is -5.28. The Kier molecular flexibility index (Phi) is 8.17. The van der Waals surface area contributed by atoms with E-state index in [-0.39, 0.29) is 30.9 Å². The molecule has 1 spiro atoms. The number of ether oxygens (including phenoxy) is 1. The maximum atomic E-state index is 15.5. The molecule has 0 radical (unpaired) electrons. The van der Waals surface area contributed by atoms with Crippen LogP contribution in [0.4, 0.5) is 33.6 Å². The van der Waals surface area contributed by atoms with Crippen LogP contribution >= 0.6 is 0 Å². The Hall–Kier alpha value is -4.18. The van der Waals surface area contributed by atoms with E-state index in [0.717, 1.165) is 35.1 Å². The molecule has 2 N–H and O–H groups in total. The van der Waals surface area contributed by atoms with Crippen molar-refractivity contribution < 1.29 is 41.4 Å². The van der Waals surface area contributed by atoms with Gasteiger partial charge >= 0.3 is 12.1 Å². The average Bonchev–Trinajstić information content (AvgIpc) is 3.67. The van der Waals surface area contributed by atoms with Gasteiger partial charge in [-0.15, -0.1) is 0 Å². The number of amides is 1. The normalized spacial score (nSPS) is 28.7. The Bertz CT molecular complexity index is 1980. The minimum Gasteiger partial charge on any atom is -0.479 e. The summed E-state index contributed by atoms with van der Waals surface area (Å²) in [6, 6.07) is 5.70. The maximum Gasteiger partial charge on any atom is 0.401 e. The molecular weight excluding hydrogens is 713 g/mol. The van der Waals surface area contributed by atoms with Crippen LogP contribution in [0.2, 0.25) is 0 Å². The molecule has 10 rings (SSSR count). The third kappa shape index (κ3) is 5.77. The molecule has 2 aromatic heterocycles. The van der Waals surface area contributed by atoms with E-state index < -0.39 is 52.7 Å². The van der Waals surface area contributed by atoms with E-state index in [1.807, 2.05) is 18.2 Å². The van der Waals surface area contributed by atoms with Crippen LogP contribution in [0.1, 0.15) is 84.7 Å². The van der Waals surface area contributed by atoms with Gasteiger partial charge in [0.15, 0.2) is 0 Å². The topological polar surface area (TPSA) is 126 Å². The summed E-state index contributed by atoms with van der Waals surface area (Å²) in [4.78, 5) is 38.9. The number of anilines is 2. The molecule has 0 unspecified atom stereocenters. The maximum absolute atomic E-state index is 15.5. The van der Waals surface area contributed by atoms with Gasteiger partial charge in [0.2, 0.25) is 5.95 Å². The molecular formula is C38H42F5N7O4. The monoisotopic (exact) mass is 755 g/mol. The van der Waals surface area contributed by atoms with Crippen molar-refractivity contribution >= 4 is 23.5 Å². The Labute approximate surface area is 308 Å². The fraction of sp³-hybridized carbons (Fsp3) is 0.605. The predicted octanol–water partition coefficient (Wildman–Crippen LogP) is 5.90. The smallest absolute Gasteiger partial charge is 0.401 e. The van der Waals surface area contributed by atoms with E-state index in [1.165, 1.54) is 4.90 Å². The zero-order valence-electron chi connectivity index (χ0n) is 29.8. The highest BCUT2D eigenvalue weighted by atomic mass is 19.4. The van der Waals surface area contributed by atoms with Gasteiger partial charge in [0.05, 0.1) is 24.0 Å². The average molecular weight is 756 g/mol. The van der Waals surface area contributed by atoms with E-state index in [2.05, 4.69) is 20.4 Å². The van der Waals surface area contributed by atoms with Crippen LogP contribution in [0.25, 0.3) is 5.69 Å². The van der Waals surface area contributed by atoms with Crippen molar-refractivity contribution in [2.24, 2.45) is 23.7 Å². The van der Waals surface area contributed by atoms with E-state index in [9.17, 15) is 27.9 Å². The fourth-order valence-electron chi connectivity index (χ4n) is 11.0. The molecule has 4 aliphatic carbocycles. The number of fused-ring (bicyclic) bond motifs is 3. The molecule has 1 saturated heterocycles. The number of carboxylic acids is 1. The Morgan fingerprint density at radius 1 is 1.02 bits per heavy atom. The van der Waals surface area contributed by atoms with Gasteiger partial charge in [-0.05, 0) is 92.4 Å². The number of nitrogens with zero attached hydrogens (tertiary/aromatic N) is 6. The molecule has 1 aromatic carbocycles. The highest BCUT2D eigenvalue weighted by molar-refractivity contribution is 5.99. The SMILES string of the molecule is CC(F)(F)c1nc(N2CC3(CCOCC3)c3cc(-n4ncc5c4CCN(CC(F)(F)F)C5)ccc32)ncc1C(=O)NC1(C(=O)O)C2CC3CC(C2)CC1C3. The number of nitrogens with one attached hydrogen (secondary N) is 1. The predicted molar refractivity (Wildman–Crippen MR) is 184 cm³/mol. The second kappa shape index (κ2) is 12.4. The molecule has 1 amide bonds. The zero-order valence-corrected chi connectivity index (χ0v) is 29.8. The van der Waals surface area contributed by atoms with Gasteiger partial charge in [-0.2, -0.15) is 27.1 Å². The fourth-order valence-corrected chi connectivity index (χ4v) is 11.0. The molecule has 288 valence electrons. The van der Waals surface area contributed by atoms with Crippen LogP contribution in [-0.4, -0.2) is 86.2 Å². The van der Waals surface area contributed by atoms with Crippen molar-refractivity contribution in [3.63, 3.8) is 0 Å². The number of alkyl halides is 5. The van der Waals surface area contributed by atoms with E-state index in [1.54, 1.807) is 15.8 Å². The van der Waals surface area contributed by atoms with Crippen LogP contribution < -0.4 is 10.2 Å². The van der Waals surface area contributed by atoms with Crippen molar-refractivity contribution in [2.45, 2.75) is 87.9 Å². The lowest BCUT2D eigenvalue weighted by Crippen LogP contribution is -2.70. The van der Waals surface area contributed by atoms with Crippen LogP contribution in [0.5, 0.6) is 0 Å². The lowest BCUT2D eigenvalue weighted by molar-refractivity contribution is -0.163. The first-order chi connectivity index (χ1) is 25.6. The standard InChI is InChI=1S/C38H42F5N7O4/c1-35(39,40)31-27(32(51)47-38(33(52)53)24-11-21-10-22(13-24)14-25(38)12-21)17-44-34(46-31)49-19-36(5-8-54-9-6-36)28-15-26(2-3-30(28)49)50-29-4-7-48(20-37(41,42)43)18-23(29)16-45-50/h2-3,15-17,21-22,24-25H,4-14,18-20H2,1H3,(H,47,51)(H,52,53). The van der Waals surface area contributed by atoms with E-state index in [4.69, 9.17) is 4.74 Å². The molecule has 5 heterocycles. The van der Waals surface area contributed by atoms with Crippen molar-refractivity contribution in [3.05, 3.63) is 58.7 Å². The van der Waals surface area contributed by atoms with Crippen LogP contribution in [0.15, 0.2) is 30.6 Å². The first-order valence-electron chi connectivity index (χ1n) is 18.8. The number of benzene rings is 1. The Morgan fingerprint density at radius 3 is 2.37 bits per heavy atom. The van der Waals surface area contributed by atoms with Gasteiger partial charge < -0.3 is 20.1 Å². The molecule has 5 fully saturated rings. The summed E-state index contributed by atoms with van der Waals surface area (Å²) in [6.45, 7) is 1.40. The van der Waals surface area contributed by atoms with Crippen molar-refractivity contribution in [1.82, 2.24) is 30.0 Å². The van der Waals surface area contributed by atoms with Gasteiger partial charge in [0.1, 0.15) is 11.2 Å². The number of rotatable bonds is 7. The third-order valence-electron chi connectivity index (χ3n) is 13.2. The first kappa shape index (κ1) is 35.5. The molecule has 16 heteroatoms. The number of carbonyl (C=O) groups excluding carboxylic acids is 1. The number of aromatic nitrogens is 4. The van der Waals surface area contributed by atoms with Crippen LogP contribution in [0, 0.1) is 23.7 Å². The van der Waals surface area contributed by atoms with Gasteiger partial charge in [0, 0.05) is 74.7 Å². The third-order valence-corrected chi connectivity index (χ3v) is 13.2. The Morgan fingerprint density at radius 2 is 1.72 bits per heavy atom. The summed E-state index contributed by atoms with van der Waals surface area (Å²) in [5.41, 5.74) is 0.755. The highest BCUT2D eigenvalue weighted by Gasteiger charge is 2.62. The van der Waals surface area contributed by atoms with Gasteiger partial charge in [-0.1, -0.05) is 0 Å². The zero-order chi connectivity index (χ0) is 37.8. The van der Waals surface area contributed by atoms with Gasteiger partial charge in [-0.3, -0.25) is 9.69 Å². The van der Waals surface area contributed by atoms with Gasteiger partial charge in [-0.25, -0.2) is 19.4 Å². The largest absolute Gasteiger partial charge is 0.479 e. The van der Waals surface area contributed by atoms with Crippen molar-refractivity contribution in [2.75, 3.05) is 37.7 Å². The summed E-state index contributed by atoms with van der Waals surface area (Å²) < 4.78 is 77.7. The number of carbonyl (C=O) groups is 2. The minimum atomic E-state index is -4.29. The molecule has 4 bridgehead atoms. The van der Waals surface area contributed by atoms with Gasteiger partial charge in [0.25, 0.3) is 11.8 Å². The molecule has 4 saturated carbocycles. The molecule has 3 aromatic rings. The molecule has 3 aliphatic heterocycles. The Balaban J connectivity index is 1.04. The summed E-state index contributed by atoms with van der Waals surface area (Å²) in [7, 11) is 0. The lowest BCUT2D eigenvalue weighted by atomic mass is 9.48. The second-order valence-corrected chi connectivity index (χ2v) is 16.5. The number of hydrogen-bond donors (Lipinski definition) is 2. The first-order valence-corrected chi connectivity index (χ1v) is 18.8. The summed E-state index contributed by atoms with van der Waals surface area (Å²) >= 11 is 0. The van der Waals surface area contributed by atoms with E-state index >= 15 is 8.78 Å². The van der Waals surface area contributed by atoms with Crippen molar-refractivity contribution in [3.8, 4) is 5.69 Å². The molecule has 11 nitrogen and oxygen atoms in total. The number of hydrogen-bond acceptors (Lipinski definition) is 8.